The van der Waals surface area contributed by atoms with Crippen molar-refractivity contribution in [1.29, 1.82) is 0 Å². The second-order valence-electron chi connectivity index (χ2n) is 8.95. The van der Waals surface area contributed by atoms with Crippen LogP contribution in [0.1, 0.15) is 22.6 Å². The van der Waals surface area contributed by atoms with Crippen molar-refractivity contribution in [3.8, 4) is 11.5 Å². The Balaban J connectivity index is 1.31. The van der Waals surface area contributed by atoms with Gasteiger partial charge in [-0.2, -0.15) is 4.98 Å². The fourth-order valence-electron chi connectivity index (χ4n) is 4.42. The van der Waals surface area contributed by atoms with E-state index in [1.165, 1.54) is 6.26 Å². The van der Waals surface area contributed by atoms with Gasteiger partial charge in [-0.15, -0.1) is 0 Å². The van der Waals surface area contributed by atoms with E-state index in [1.807, 2.05) is 17.9 Å². The third-order valence-corrected chi connectivity index (χ3v) is 6.29. The quantitative estimate of drug-likeness (QED) is 0.424. The van der Waals surface area contributed by atoms with Crippen LogP contribution in [0.5, 0.6) is 0 Å². The van der Waals surface area contributed by atoms with Gasteiger partial charge in [-0.25, -0.2) is 9.97 Å². The zero-order valence-electron chi connectivity index (χ0n) is 19.8. The molecule has 36 heavy (non-hydrogen) atoms. The molecule has 0 aromatic carbocycles. The maximum absolute atomic E-state index is 13.2. The van der Waals surface area contributed by atoms with Gasteiger partial charge < -0.3 is 34.4 Å². The van der Waals surface area contributed by atoms with E-state index in [0.717, 1.165) is 24.2 Å². The number of carbonyl (C=O) groups is 1. The molecule has 4 aromatic rings. The van der Waals surface area contributed by atoms with Gasteiger partial charge in [-0.05, 0) is 25.5 Å². The number of pyridine rings is 2. The highest BCUT2D eigenvalue weighted by atomic mass is 16.5. The largest absolute Gasteiger partial charge is 0.444 e. The van der Waals surface area contributed by atoms with Crippen LogP contribution in [0.4, 0.5) is 17.5 Å². The molecule has 0 saturated carbocycles. The normalized spacial score (nSPS) is 18.2. The lowest BCUT2D eigenvalue weighted by Crippen LogP contribution is -2.36. The fraction of sp³-hybridized carbons (Fsp3) is 0.375. The molecule has 2 saturated heterocycles. The molecule has 2 fully saturated rings. The number of morpholine rings is 1. The lowest BCUT2D eigenvalue weighted by atomic mass is 10.2. The Morgan fingerprint density at radius 3 is 2.78 bits per heavy atom. The van der Waals surface area contributed by atoms with Crippen molar-refractivity contribution >= 4 is 34.7 Å². The van der Waals surface area contributed by atoms with Crippen LogP contribution in [0, 0.1) is 6.92 Å². The van der Waals surface area contributed by atoms with Crippen molar-refractivity contribution in [3.63, 3.8) is 0 Å². The van der Waals surface area contributed by atoms with Crippen molar-refractivity contribution < 1.29 is 18.4 Å². The van der Waals surface area contributed by atoms with Crippen LogP contribution >= 0.6 is 0 Å². The average molecular weight is 491 g/mol. The summed E-state index contributed by atoms with van der Waals surface area (Å²) >= 11 is 0. The number of carbonyl (C=O) groups excluding carboxylic acids is 1. The van der Waals surface area contributed by atoms with Crippen LogP contribution < -0.4 is 20.9 Å². The highest BCUT2D eigenvalue weighted by Gasteiger charge is 2.27. The Morgan fingerprint density at radius 1 is 1.14 bits per heavy atom. The third kappa shape index (κ3) is 4.36. The number of aryl methyl sites for hydroxylation is 1. The highest BCUT2D eigenvalue weighted by Crippen LogP contribution is 2.33. The predicted octanol–water partition coefficient (Wildman–Crippen LogP) is 2.21. The number of hydrogen-bond acceptors (Lipinski definition) is 11. The number of aromatic nitrogens is 4. The van der Waals surface area contributed by atoms with Gasteiger partial charge in [0, 0.05) is 55.7 Å². The van der Waals surface area contributed by atoms with Crippen molar-refractivity contribution in [1.82, 2.24) is 19.9 Å². The first-order chi connectivity index (χ1) is 17.5. The summed E-state index contributed by atoms with van der Waals surface area (Å²) in [7, 11) is 0. The first-order valence-corrected chi connectivity index (χ1v) is 11.9. The number of oxazole rings is 2. The van der Waals surface area contributed by atoms with E-state index in [9.17, 15) is 4.79 Å². The minimum atomic E-state index is -0.422. The van der Waals surface area contributed by atoms with Crippen LogP contribution in [0.25, 0.3) is 22.7 Å². The van der Waals surface area contributed by atoms with Crippen LogP contribution in [0.3, 0.4) is 0 Å². The number of nitrogens with one attached hydrogen (secondary N) is 1. The molecule has 12 nitrogen and oxygen atoms in total. The molecule has 2 aliphatic heterocycles. The summed E-state index contributed by atoms with van der Waals surface area (Å²) in [5, 5.41) is 2.94. The minimum Gasteiger partial charge on any atom is -0.444 e. The minimum absolute atomic E-state index is 0.0363. The molecule has 6 rings (SSSR count). The molecule has 4 aromatic heterocycles. The lowest BCUT2D eigenvalue weighted by Gasteiger charge is -2.24. The van der Waals surface area contributed by atoms with Crippen molar-refractivity contribution in [3.05, 3.63) is 42.0 Å². The van der Waals surface area contributed by atoms with E-state index in [-0.39, 0.29) is 11.7 Å². The summed E-state index contributed by atoms with van der Waals surface area (Å²) in [6.07, 6.45) is 3.84. The predicted molar refractivity (Wildman–Crippen MR) is 132 cm³/mol. The maximum atomic E-state index is 13.2. The smallest absolute Gasteiger partial charge is 0.300 e. The van der Waals surface area contributed by atoms with E-state index < -0.39 is 5.91 Å². The van der Waals surface area contributed by atoms with Crippen LogP contribution in [0.2, 0.25) is 0 Å². The SMILES string of the molecule is Cc1cc(-c2nc(C(=O)Nc3cc4oc(N5CCOCC5)nc4nc3N3CC[C@@H](N)C3)co2)ccn1. The molecule has 0 bridgehead atoms. The van der Waals surface area contributed by atoms with Gasteiger partial charge in [0.15, 0.2) is 17.1 Å². The van der Waals surface area contributed by atoms with Gasteiger partial charge in [0.2, 0.25) is 11.5 Å². The molecule has 186 valence electrons. The number of ether oxygens (including phenoxy) is 1. The van der Waals surface area contributed by atoms with Crippen molar-refractivity contribution in [2.75, 3.05) is 54.5 Å². The van der Waals surface area contributed by atoms with E-state index in [2.05, 4.69) is 25.2 Å². The first kappa shape index (κ1) is 22.4. The number of nitrogens with zero attached hydrogens (tertiary/aromatic N) is 6. The van der Waals surface area contributed by atoms with Crippen molar-refractivity contribution in [2.24, 2.45) is 5.73 Å². The van der Waals surface area contributed by atoms with E-state index in [4.69, 9.17) is 24.3 Å². The molecule has 0 unspecified atom stereocenters. The monoisotopic (exact) mass is 490 g/mol. The second kappa shape index (κ2) is 9.21. The number of amides is 1. The number of fused-ring (bicyclic) bond motifs is 1. The van der Waals surface area contributed by atoms with E-state index >= 15 is 0 Å². The molecule has 0 radical (unpaired) electrons. The molecule has 0 spiro atoms. The summed E-state index contributed by atoms with van der Waals surface area (Å²) < 4.78 is 17.0. The van der Waals surface area contributed by atoms with Crippen molar-refractivity contribution in [2.45, 2.75) is 19.4 Å². The van der Waals surface area contributed by atoms with E-state index in [1.54, 1.807) is 18.3 Å². The van der Waals surface area contributed by atoms with Gasteiger partial charge in [0.1, 0.15) is 6.26 Å². The maximum Gasteiger partial charge on any atom is 0.300 e. The van der Waals surface area contributed by atoms with Gasteiger partial charge in [-0.3, -0.25) is 9.78 Å². The zero-order chi connectivity index (χ0) is 24.6. The van der Waals surface area contributed by atoms with Gasteiger partial charge in [-0.1, -0.05) is 0 Å². The molecule has 2 aliphatic rings. The molecular formula is C24H26N8O4. The molecule has 1 atom stereocenters. The Kier molecular flexibility index (Phi) is 5.74. The molecule has 3 N–H and O–H groups in total. The molecular weight excluding hydrogens is 464 g/mol. The zero-order valence-corrected chi connectivity index (χ0v) is 19.8. The van der Waals surface area contributed by atoms with Gasteiger partial charge in [0.25, 0.3) is 11.9 Å². The average Bonchev–Trinajstić information content (AvgIpc) is 3.63. The fourth-order valence-corrected chi connectivity index (χ4v) is 4.42. The molecule has 1 amide bonds. The topological polar surface area (TPSA) is 149 Å². The summed E-state index contributed by atoms with van der Waals surface area (Å²) in [5.74, 6) is 0.518. The highest BCUT2D eigenvalue weighted by molar-refractivity contribution is 6.05. The molecule has 12 heteroatoms. The standard InChI is InChI=1S/C24H26N8O4/c1-14-10-15(2-4-26-14)23-28-18(13-35-23)22(33)27-17-11-19-20(29-21(17)32-5-3-16(25)12-32)30-24(36-19)31-6-8-34-9-7-31/h2,4,10-11,13,16H,3,5-9,12,25H2,1H3,(H,27,33)/t16-/m1/s1. The summed E-state index contributed by atoms with van der Waals surface area (Å²) in [4.78, 5) is 35.1. The summed E-state index contributed by atoms with van der Waals surface area (Å²) in [5.41, 5.74) is 9.32. The summed E-state index contributed by atoms with van der Waals surface area (Å²) in [6.45, 7) is 5.85. The Bertz CT molecular complexity index is 1410. The summed E-state index contributed by atoms with van der Waals surface area (Å²) in [6, 6.07) is 5.90. The van der Waals surface area contributed by atoms with Gasteiger partial charge >= 0.3 is 0 Å². The Morgan fingerprint density at radius 2 is 2.00 bits per heavy atom. The number of nitrogens with two attached hydrogens (primary N) is 1. The third-order valence-electron chi connectivity index (χ3n) is 6.29. The van der Waals surface area contributed by atoms with Crippen LogP contribution in [0.15, 0.2) is 39.5 Å². The van der Waals surface area contributed by atoms with E-state index in [0.29, 0.717) is 67.5 Å². The number of rotatable bonds is 5. The number of anilines is 3. The number of hydrogen-bond donors (Lipinski definition) is 2. The van der Waals surface area contributed by atoms with Crippen LogP contribution in [-0.4, -0.2) is 71.3 Å². The second-order valence-corrected chi connectivity index (χ2v) is 8.95. The molecule has 0 aliphatic carbocycles. The first-order valence-electron chi connectivity index (χ1n) is 11.9. The lowest BCUT2D eigenvalue weighted by molar-refractivity contribution is 0.102. The van der Waals surface area contributed by atoms with Crippen LogP contribution in [-0.2, 0) is 4.74 Å². The Hall–Kier alpha value is -4.03. The molecule has 6 heterocycles. The Labute approximate surface area is 206 Å². The van der Waals surface area contributed by atoms with Gasteiger partial charge in [0.05, 0.1) is 18.9 Å².